The summed E-state index contributed by atoms with van der Waals surface area (Å²) >= 11 is 0. The molecule has 0 aliphatic heterocycles. The first-order chi connectivity index (χ1) is 9.38. The van der Waals surface area contributed by atoms with E-state index >= 15 is 0 Å². The van der Waals surface area contributed by atoms with E-state index in [1.54, 1.807) is 18.2 Å². The number of sulfonamides is 1. The summed E-state index contributed by atoms with van der Waals surface area (Å²) < 4.78 is 26.9. The van der Waals surface area contributed by atoms with Gasteiger partial charge < -0.3 is 10.6 Å². The zero-order chi connectivity index (χ0) is 14.8. The quantitative estimate of drug-likeness (QED) is 0.892. The van der Waals surface area contributed by atoms with E-state index in [4.69, 9.17) is 5.73 Å². The molecule has 0 unspecified atom stereocenters. The lowest BCUT2D eigenvalue weighted by Crippen LogP contribution is -2.14. The number of nitrogens with one attached hydrogen (secondary N) is 1. The van der Waals surface area contributed by atoms with Gasteiger partial charge in [0.15, 0.2) is 0 Å². The Labute approximate surface area is 118 Å². The van der Waals surface area contributed by atoms with E-state index in [9.17, 15) is 8.42 Å². The van der Waals surface area contributed by atoms with Gasteiger partial charge in [0.1, 0.15) is 10.7 Å². The van der Waals surface area contributed by atoms with Crippen molar-refractivity contribution in [2.45, 2.75) is 4.90 Å². The summed E-state index contributed by atoms with van der Waals surface area (Å²) in [6.07, 6.45) is 1.23. The molecule has 0 spiro atoms. The van der Waals surface area contributed by atoms with E-state index in [0.29, 0.717) is 5.69 Å². The molecule has 2 aromatic rings. The van der Waals surface area contributed by atoms with Crippen molar-refractivity contribution in [2.24, 2.45) is 0 Å². The Morgan fingerprint density at radius 2 is 1.95 bits per heavy atom. The van der Waals surface area contributed by atoms with E-state index in [1.165, 1.54) is 18.3 Å². The number of pyridine rings is 1. The first-order valence-electron chi connectivity index (χ1n) is 5.90. The van der Waals surface area contributed by atoms with Gasteiger partial charge in [0.2, 0.25) is 0 Å². The van der Waals surface area contributed by atoms with Gasteiger partial charge in [0, 0.05) is 26.0 Å². The van der Waals surface area contributed by atoms with Gasteiger partial charge in [0.25, 0.3) is 10.0 Å². The summed E-state index contributed by atoms with van der Waals surface area (Å²) in [5, 5.41) is 0. The molecule has 0 saturated heterocycles. The van der Waals surface area contributed by atoms with Crippen LogP contribution < -0.4 is 15.4 Å². The Morgan fingerprint density at radius 3 is 2.55 bits per heavy atom. The lowest BCUT2D eigenvalue weighted by molar-refractivity contribution is 0.601. The summed E-state index contributed by atoms with van der Waals surface area (Å²) in [6, 6.07) is 9.99. The highest BCUT2D eigenvalue weighted by atomic mass is 32.2. The Bertz CT molecular complexity index is 697. The third-order valence-corrected chi connectivity index (χ3v) is 4.05. The van der Waals surface area contributed by atoms with Crippen molar-refractivity contribution < 1.29 is 8.42 Å². The van der Waals surface area contributed by atoms with Crippen molar-refractivity contribution in [2.75, 3.05) is 29.5 Å². The Morgan fingerprint density at radius 1 is 1.20 bits per heavy atom. The smallest absolute Gasteiger partial charge is 0.263 e. The topological polar surface area (TPSA) is 88.3 Å². The fourth-order valence-electron chi connectivity index (χ4n) is 1.61. The second-order valence-corrected chi connectivity index (χ2v) is 6.15. The summed E-state index contributed by atoms with van der Waals surface area (Å²) in [4.78, 5) is 5.75. The molecule has 0 aliphatic carbocycles. The summed E-state index contributed by atoms with van der Waals surface area (Å²) in [7, 11) is 0.114. The third kappa shape index (κ3) is 3.18. The predicted octanol–water partition coefficient (Wildman–Crippen LogP) is 1.53. The van der Waals surface area contributed by atoms with Crippen LogP contribution in [0.4, 0.5) is 17.2 Å². The van der Waals surface area contributed by atoms with Crippen LogP contribution >= 0.6 is 0 Å². The van der Waals surface area contributed by atoms with Crippen LogP contribution in [0.1, 0.15) is 0 Å². The van der Waals surface area contributed by atoms with Crippen LogP contribution in [-0.2, 0) is 10.0 Å². The maximum atomic E-state index is 12.2. The second kappa shape index (κ2) is 5.38. The van der Waals surface area contributed by atoms with Crippen molar-refractivity contribution in [3.05, 3.63) is 42.6 Å². The molecular weight excluding hydrogens is 276 g/mol. The minimum absolute atomic E-state index is 0.0713. The van der Waals surface area contributed by atoms with E-state index in [-0.39, 0.29) is 10.7 Å². The average Bonchev–Trinajstić information content (AvgIpc) is 2.39. The molecule has 1 aromatic carbocycles. The molecule has 1 aromatic heterocycles. The molecule has 1 heterocycles. The van der Waals surface area contributed by atoms with E-state index in [2.05, 4.69) is 9.71 Å². The van der Waals surface area contributed by atoms with Crippen molar-refractivity contribution in [3.63, 3.8) is 0 Å². The van der Waals surface area contributed by atoms with Gasteiger partial charge in [-0.1, -0.05) is 6.07 Å². The van der Waals surface area contributed by atoms with Crippen LogP contribution in [0.15, 0.2) is 47.5 Å². The first-order valence-corrected chi connectivity index (χ1v) is 7.38. The Balaban J connectivity index is 2.28. The predicted molar refractivity (Wildman–Crippen MR) is 80.2 cm³/mol. The number of aromatic nitrogens is 1. The van der Waals surface area contributed by atoms with Crippen LogP contribution in [-0.4, -0.2) is 27.5 Å². The van der Waals surface area contributed by atoms with Gasteiger partial charge in [-0.25, -0.2) is 13.4 Å². The monoisotopic (exact) mass is 292 g/mol. The number of nitrogens with zero attached hydrogens (tertiary/aromatic N) is 2. The number of anilines is 3. The molecule has 6 nitrogen and oxygen atoms in total. The number of rotatable bonds is 4. The van der Waals surface area contributed by atoms with Crippen LogP contribution in [0, 0.1) is 0 Å². The Hall–Kier alpha value is -2.28. The zero-order valence-corrected chi connectivity index (χ0v) is 12.1. The summed E-state index contributed by atoms with van der Waals surface area (Å²) in [5.74, 6) is 0.276. The van der Waals surface area contributed by atoms with Crippen molar-refractivity contribution in [1.82, 2.24) is 4.98 Å². The SMILES string of the molecule is CN(C)c1cccc(NS(=O)(=O)c2ccc(N)nc2)c1. The van der Waals surface area contributed by atoms with Gasteiger partial charge in [0.05, 0.1) is 5.69 Å². The molecule has 7 heteroatoms. The zero-order valence-electron chi connectivity index (χ0n) is 11.2. The van der Waals surface area contributed by atoms with Gasteiger partial charge >= 0.3 is 0 Å². The fourth-order valence-corrected chi connectivity index (χ4v) is 2.61. The number of hydrogen-bond donors (Lipinski definition) is 2. The maximum Gasteiger partial charge on any atom is 0.263 e. The van der Waals surface area contributed by atoms with Gasteiger partial charge in [-0.3, -0.25) is 4.72 Å². The minimum atomic E-state index is -3.66. The van der Waals surface area contributed by atoms with E-state index < -0.39 is 10.0 Å². The highest BCUT2D eigenvalue weighted by Crippen LogP contribution is 2.20. The molecule has 0 atom stereocenters. The molecule has 0 aliphatic rings. The van der Waals surface area contributed by atoms with Crippen LogP contribution in [0.2, 0.25) is 0 Å². The van der Waals surface area contributed by atoms with Crippen LogP contribution in [0.25, 0.3) is 0 Å². The van der Waals surface area contributed by atoms with Crippen LogP contribution in [0.5, 0.6) is 0 Å². The summed E-state index contributed by atoms with van der Waals surface area (Å²) in [5.41, 5.74) is 6.84. The standard InChI is InChI=1S/C13H16N4O2S/c1-17(2)11-5-3-4-10(8-11)16-20(18,19)12-6-7-13(14)15-9-12/h3-9,16H,1-2H3,(H2,14,15). The van der Waals surface area contributed by atoms with E-state index in [0.717, 1.165) is 5.69 Å². The molecule has 0 saturated carbocycles. The van der Waals surface area contributed by atoms with Gasteiger partial charge in [-0.05, 0) is 30.3 Å². The lowest BCUT2D eigenvalue weighted by Gasteiger charge is -2.14. The Kier molecular flexibility index (Phi) is 3.80. The first kappa shape index (κ1) is 14.1. The number of benzene rings is 1. The van der Waals surface area contributed by atoms with Crippen LogP contribution in [0.3, 0.4) is 0 Å². The maximum absolute atomic E-state index is 12.2. The van der Waals surface area contributed by atoms with Crippen molar-refractivity contribution in [1.29, 1.82) is 0 Å². The lowest BCUT2D eigenvalue weighted by atomic mass is 10.3. The normalized spacial score (nSPS) is 11.1. The molecular formula is C13H16N4O2S. The molecule has 2 rings (SSSR count). The number of hydrogen-bond acceptors (Lipinski definition) is 5. The molecule has 0 radical (unpaired) electrons. The third-order valence-electron chi connectivity index (χ3n) is 2.68. The average molecular weight is 292 g/mol. The number of nitrogens with two attached hydrogens (primary N) is 1. The largest absolute Gasteiger partial charge is 0.384 e. The molecule has 20 heavy (non-hydrogen) atoms. The van der Waals surface area contributed by atoms with Gasteiger partial charge in [-0.2, -0.15) is 0 Å². The molecule has 106 valence electrons. The van der Waals surface area contributed by atoms with E-state index in [1.807, 2.05) is 25.1 Å². The highest BCUT2D eigenvalue weighted by Gasteiger charge is 2.14. The fraction of sp³-hybridized carbons (Fsp3) is 0.154. The minimum Gasteiger partial charge on any atom is -0.384 e. The van der Waals surface area contributed by atoms with Crippen molar-refractivity contribution >= 4 is 27.2 Å². The second-order valence-electron chi connectivity index (χ2n) is 4.47. The molecule has 0 amide bonds. The summed E-state index contributed by atoms with van der Waals surface area (Å²) in [6.45, 7) is 0. The van der Waals surface area contributed by atoms with Crippen molar-refractivity contribution in [3.8, 4) is 0 Å². The number of nitrogen functional groups attached to an aromatic ring is 1. The highest BCUT2D eigenvalue weighted by molar-refractivity contribution is 7.92. The molecule has 0 fully saturated rings. The van der Waals surface area contributed by atoms with Gasteiger partial charge in [-0.15, -0.1) is 0 Å². The molecule has 3 N–H and O–H groups in total. The molecule has 0 bridgehead atoms.